The van der Waals surface area contributed by atoms with Gasteiger partial charge in [-0.15, -0.1) is 0 Å². The quantitative estimate of drug-likeness (QED) is 0.700. The van der Waals surface area contributed by atoms with Gasteiger partial charge in [-0.3, -0.25) is 9.78 Å². The van der Waals surface area contributed by atoms with Gasteiger partial charge in [0.2, 0.25) is 0 Å². The monoisotopic (exact) mass is 303 g/mol. The van der Waals surface area contributed by atoms with Gasteiger partial charge in [-0.25, -0.2) is 5.43 Å². The lowest BCUT2D eigenvalue weighted by Crippen LogP contribution is -2.17. The first-order chi connectivity index (χ1) is 8.75. The lowest BCUT2D eigenvalue weighted by Gasteiger charge is -1.99. The molecule has 18 heavy (non-hydrogen) atoms. The number of benzene rings is 1. The molecule has 0 aliphatic rings. The highest BCUT2D eigenvalue weighted by molar-refractivity contribution is 9.10. The third-order valence-corrected chi connectivity index (χ3v) is 2.67. The zero-order valence-electron chi connectivity index (χ0n) is 9.38. The van der Waals surface area contributed by atoms with Gasteiger partial charge in [0.15, 0.2) is 0 Å². The summed E-state index contributed by atoms with van der Waals surface area (Å²) in [6, 6.07) is 10.7. The number of carbonyl (C=O) groups excluding carboxylic acids is 1. The Kier molecular flexibility index (Phi) is 4.20. The fourth-order valence-electron chi connectivity index (χ4n) is 1.31. The molecule has 0 bridgehead atoms. The van der Waals surface area contributed by atoms with Crippen LogP contribution in [-0.2, 0) is 0 Å². The highest BCUT2D eigenvalue weighted by Crippen LogP contribution is 2.11. The van der Waals surface area contributed by atoms with E-state index in [4.69, 9.17) is 0 Å². The van der Waals surface area contributed by atoms with Gasteiger partial charge in [0.1, 0.15) is 0 Å². The molecule has 0 spiro atoms. The number of nitrogens with one attached hydrogen (secondary N) is 1. The van der Waals surface area contributed by atoms with Crippen molar-refractivity contribution in [3.63, 3.8) is 0 Å². The Bertz CT molecular complexity index is 569. The second-order valence-corrected chi connectivity index (χ2v) is 4.41. The highest BCUT2D eigenvalue weighted by Gasteiger charge is 2.03. The standard InChI is InChI=1S/C13H10BrN3O/c14-12-3-1-2-11(8-12)13(18)17-16-9-10-4-6-15-7-5-10/h1-9H,(H,17,18)/b16-9-. The summed E-state index contributed by atoms with van der Waals surface area (Å²) in [6.07, 6.45) is 4.90. The summed E-state index contributed by atoms with van der Waals surface area (Å²) in [4.78, 5) is 15.6. The van der Waals surface area contributed by atoms with Gasteiger partial charge in [0, 0.05) is 22.4 Å². The summed E-state index contributed by atoms with van der Waals surface area (Å²) in [5.74, 6) is -0.249. The van der Waals surface area contributed by atoms with Crippen LogP contribution in [0, 0.1) is 0 Å². The first-order valence-electron chi connectivity index (χ1n) is 5.25. The minimum absolute atomic E-state index is 0.249. The summed E-state index contributed by atoms with van der Waals surface area (Å²) in [5.41, 5.74) is 3.89. The smallest absolute Gasteiger partial charge is 0.267 e. The first-order valence-corrected chi connectivity index (χ1v) is 6.04. The minimum Gasteiger partial charge on any atom is -0.267 e. The second-order valence-electron chi connectivity index (χ2n) is 3.49. The molecular weight excluding hydrogens is 294 g/mol. The van der Waals surface area contributed by atoms with Gasteiger partial charge in [-0.05, 0) is 35.9 Å². The maximum Gasteiger partial charge on any atom is 0.271 e. The summed E-state index contributed by atoms with van der Waals surface area (Å²) >= 11 is 3.31. The summed E-state index contributed by atoms with van der Waals surface area (Å²) in [7, 11) is 0. The number of nitrogens with zero attached hydrogens (tertiary/aromatic N) is 2. The number of aromatic nitrogens is 1. The van der Waals surface area contributed by atoms with Crippen LogP contribution in [0.5, 0.6) is 0 Å². The number of hydrogen-bond donors (Lipinski definition) is 1. The van der Waals surface area contributed by atoms with Crippen molar-refractivity contribution in [2.75, 3.05) is 0 Å². The van der Waals surface area contributed by atoms with Gasteiger partial charge < -0.3 is 0 Å². The average molecular weight is 304 g/mol. The number of carbonyl (C=O) groups is 1. The average Bonchev–Trinajstić information content (AvgIpc) is 2.40. The molecule has 90 valence electrons. The van der Waals surface area contributed by atoms with Crippen LogP contribution >= 0.6 is 15.9 Å². The van der Waals surface area contributed by atoms with Crippen molar-refractivity contribution < 1.29 is 4.79 Å². The molecule has 2 rings (SSSR count). The topological polar surface area (TPSA) is 54.4 Å². The molecule has 1 N–H and O–H groups in total. The van der Waals surface area contributed by atoms with Gasteiger partial charge >= 0.3 is 0 Å². The molecule has 1 heterocycles. The Balaban J connectivity index is 1.99. The number of halogens is 1. The molecule has 0 radical (unpaired) electrons. The molecular formula is C13H10BrN3O. The van der Waals surface area contributed by atoms with Gasteiger partial charge in [-0.1, -0.05) is 22.0 Å². The number of hydrazone groups is 1. The molecule has 5 heteroatoms. The Morgan fingerprint density at radius 1 is 1.28 bits per heavy atom. The predicted octanol–water partition coefficient (Wildman–Crippen LogP) is 2.61. The fourth-order valence-corrected chi connectivity index (χ4v) is 1.71. The maximum atomic E-state index is 11.7. The molecule has 1 aromatic heterocycles. The Hall–Kier alpha value is -2.01. The van der Waals surface area contributed by atoms with Crippen LogP contribution in [0.25, 0.3) is 0 Å². The SMILES string of the molecule is O=C(N/N=C\c1ccncc1)c1cccc(Br)c1. The van der Waals surface area contributed by atoms with Crippen LogP contribution in [0.15, 0.2) is 58.4 Å². The third-order valence-electron chi connectivity index (χ3n) is 2.17. The molecule has 2 aromatic rings. The molecule has 1 amide bonds. The Morgan fingerprint density at radius 2 is 2.06 bits per heavy atom. The molecule has 1 aromatic carbocycles. The summed E-state index contributed by atoms with van der Waals surface area (Å²) < 4.78 is 0.855. The molecule has 4 nitrogen and oxygen atoms in total. The number of rotatable bonds is 3. The molecule has 0 unspecified atom stereocenters. The Morgan fingerprint density at radius 3 is 2.78 bits per heavy atom. The molecule has 0 aliphatic carbocycles. The van der Waals surface area contributed by atoms with Crippen molar-refractivity contribution in [2.24, 2.45) is 5.10 Å². The third kappa shape index (κ3) is 3.49. The number of amides is 1. The van der Waals surface area contributed by atoms with Crippen LogP contribution < -0.4 is 5.43 Å². The van der Waals surface area contributed by atoms with E-state index in [1.807, 2.05) is 6.07 Å². The number of hydrogen-bond acceptors (Lipinski definition) is 3. The van der Waals surface area contributed by atoms with Crippen LogP contribution in [0.4, 0.5) is 0 Å². The Labute approximate surface area is 113 Å². The van der Waals surface area contributed by atoms with E-state index in [2.05, 4.69) is 31.4 Å². The van der Waals surface area contributed by atoms with E-state index in [1.54, 1.807) is 48.9 Å². The van der Waals surface area contributed by atoms with E-state index in [9.17, 15) is 4.79 Å². The van der Waals surface area contributed by atoms with Crippen molar-refractivity contribution in [1.29, 1.82) is 0 Å². The van der Waals surface area contributed by atoms with Crippen LogP contribution in [0.1, 0.15) is 15.9 Å². The molecule has 0 aliphatic heterocycles. The van der Waals surface area contributed by atoms with Crippen molar-refractivity contribution in [1.82, 2.24) is 10.4 Å². The zero-order valence-corrected chi connectivity index (χ0v) is 11.0. The lowest BCUT2D eigenvalue weighted by molar-refractivity contribution is 0.0955. The van der Waals surface area contributed by atoms with Crippen LogP contribution in [0.3, 0.4) is 0 Å². The van der Waals surface area contributed by atoms with E-state index < -0.39 is 0 Å². The fraction of sp³-hybridized carbons (Fsp3) is 0. The van der Waals surface area contributed by atoms with E-state index in [-0.39, 0.29) is 5.91 Å². The van der Waals surface area contributed by atoms with Crippen LogP contribution in [-0.4, -0.2) is 17.1 Å². The van der Waals surface area contributed by atoms with E-state index in [1.165, 1.54) is 0 Å². The largest absolute Gasteiger partial charge is 0.271 e. The zero-order chi connectivity index (χ0) is 12.8. The predicted molar refractivity (Wildman–Crippen MR) is 73.4 cm³/mol. The summed E-state index contributed by atoms with van der Waals surface area (Å²) in [5, 5.41) is 3.88. The number of pyridine rings is 1. The molecule has 0 atom stereocenters. The summed E-state index contributed by atoms with van der Waals surface area (Å²) in [6.45, 7) is 0. The normalized spacial score (nSPS) is 10.5. The van der Waals surface area contributed by atoms with E-state index >= 15 is 0 Å². The van der Waals surface area contributed by atoms with E-state index in [0.717, 1.165) is 10.0 Å². The molecule has 0 saturated carbocycles. The second kappa shape index (κ2) is 6.07. The minimum atomic E-state index is -0.249. The van der Waals surface area contributed by atoms with Crippen molar-refractivity contribution >= 4 is 28.1 Å². The molecule has 0 fully saturated rings. The van der Waals surface area contributed by atoms with Crippen molar-refractivity contribution in [3.8, 4) is 0 Å². The first kappa shape index (κ1) is 12.4. The van der Waals surface area contributed by atoms with Crippen LogP contribution in [0.2, 0.25) is 0 Å². The van der Waals surface area contributed by atoms with E-state index in [0.29, 0.717) is 5.56 Å². The molecule has 0 saturated heterocycles. The highest BCUT2D eigenvalue weighted by atomic mass is 79.9. The van der Waals surface area contributed by atoms with Gasteiger partial charge in [0.25, 0.3) is 5.91 Å². The van der Waals surface area contributed by atoms with Crippen molar-refractivity contribution in [3.05, 3.63) is 64.4 Å². The lowest BCUT2D eigenvalue weighted by atomic mass is 10.2. The van der Waals surface area contributed by atoms with Gasteiger partial charge in [-0.2, -0.15) is 5.10 Å². The van der Waals surface area contributed by atoms with Crippen molar-refractivity contribution in [2.45, 2.75) is 0 Å². The maximum absolute atomic E-state index is 11.7. The van der Waals surface area contributed by atoms with Gasteiger partial charge in [0.05, 0.1) is 6.21 Å².